The van der Waals surface area contributed by atoms with Crippen molar-refractivity contribution >= 4 is 28.5 Å². The molecule has 3 aromatic heterocycles. The Hall–Kier alpha value is -3.07. The predicted octanol–water partition coefficient (Wildman–Crippen LogP) is 6.64. The van der Waals surface area contributed by atoms with E-state index in [1.807, 2.05) is 52.0 Å². The van der Waals surface area contributed by atoms with Crippen molar-refractivity contribution in [1.29, 1.82) is 0 Å². The highest BCUT2D eigenvalue weighted by Crippen LogP contribution is 2.22. The molecular formula is C27H43N7OS. The first kappa shape index (κ1) is 31.0. The standard InChI is InChI=1S/C23H31N7OS.2C2H6/c1-4-14-30(15-5-2)22-26-20(17-25-29-21-11-10-19(6-3)32-21)27-23(28-22)31-16-12-18-9-7-8-13-24-18;2*1-2/h7-11,13,17,29H,4-6,12,14-16H2,1-3H3;2*1-2H3/b25-17+;;. The van der Waals surface area contributed by atoms with E-state index in [4.69, 9.17) is 4.74 Å². The van der Waals surface area contributed by atoms with Crippen LogP contribution in [0.4, 0.5) is 10.9 Å². The smallest absolute Gasteiger partial charge is 0.321 e. The minimum atomic E-state index is 0.300. The van der Waals surface area contributed by atoms with Crippen molar-refractivity contribution in [1.82, 2.24) is 19.9 Å². The Morgan fingerprint density at radius 3 is 2.33 bits per heavy atom. The number of rotatable bonds is 13. The van der Waals surface area contributed by atoms with Crippen LogP contribution >= 0.6 is 11.3 Å². The number of hydrogen-bond donors (Lipinski definition) is 1. The zero-order valence-electron chi connectivity index (χ0n) is 23.0. The molecule has 0 bridgehead atoms. The summed E-state index contributed by atoms with van der Waals surface area (Å²) in [6.07, 6.45) is 7.09. The van der Waals surface area contributed by atoms with Crippen LogP contribution in [-0.2, 0) is 12.8 Å². The fraction of sp³-hybridized carbons (Fsp3) is 0.519. The van der Waals surface area contributed by atoms with Crippen molar-refractivity contribution < 1.29 is 4.74 Å². The number of anilines is 2. The largest absolute Gasteiger partial charge is 0.463 e. The first-order valence-corrected chi connectivity index (χ1v) is 13.9. The van der Waals surface area contributed by atoms with Crippen LogP contribution in [0.1, 0.15) is 77.7 Å². The third kappa shape index (κ3) is 11.1. The monoisotopic (exact) mass is 513 g/mol. The lowest BCUT2D eigenvalue weighted by atomic mass is 10.3. The summed E-state index contributed by atoms with van der Waals surface area (Å²) in [6.45, 7) is 16.6. The molecule has 1 N–H and O–H groups in total. The van der Waals surface area contributed by atoms with Gasteiger partial charge >= 0.3 is 6.01 Å². The van der Waals surface area contributed by atoms with E-state index in [-0.39, 0.29) is 0 Å². The Kier molecular flexibility index (Phi) is 16.5. The molecule has 0 spiro atoms. The molecule has 0 atom stereocenters. The lowest BCUT2D eigenvalue weighted by Gasteiger charge is -2.21. The zero-order valence-corrected chi connectivity index (χ0v) is 23.8. The SMILES string of the molecule is CC.CC.CCCN(CCC)c1nc(/C=N/Nc2ccc(CC)s2)nc(OCCc2ccccn2)n1. The van der Waals surface area contributed by atoms with Gasteiger partial charge in [-0.25, -0.2) is 0 Å². The molecule has 0 aliphatic carbocycles. The van der Waals surface area contributed by atoms with E-state index in [2.05, 4.69) is 62.2 Å². The third-order valence-electron chi connectivity index (χ3n) is 4.57. The molecule has 36 heavy (non-hydrogen) atoms. The predicted molar refractivity (Wildman–Crippen MR) is 154 cm³/mol. The summed E-state index contributed by atoms with van der Waals surface area (Å²) in [5, 5.41) is 5.30. The molecule has 8 nitrogen and oxygen atoms in total. The van der Waals surface area contributed by atoms with E-state index >= 15 is 0 Å². The third-order valence-corrected chi connectivity index (χ3v) is 5.70. The molecule has 0 amide bonds. The zero-order chi connectivity index (χ0) is 26.6. The maximum Gasteiger partial charge on any atom is 0.321 e. The Morgan fingerprint density at radius 1 is 0.972 bits per heavy atom. The molecular weight excluding hydrogens is 470 g/mol. The number of nitrogens with one attached hydrogen (secondary N) is 1. The molecule has 0 saturated carbocycles. The molecule has 3 rings (SSSR count). The van der Waals surface area contributed by atoms with E-state index in [0.717, 1.165) is 43.0 Å². The Balaban J connectivity index is 0.00000154. The van der Waals surface area contributed by atoms with Gasteiger partial charge < -0.3 is 9.64 Å². The van der Waals surface area contributed by atoms with Gasteiger partial charge in [-0.05, 0) is 43.5 Å². The summed E-state index contributed by atoms with van der Waals surface area (Å²) >= 11 is 1.68. The summed E-state index contributed by atoms with van der Waals surface area (Å²) in [5.74, 6) is 1.07. The molecule has 0 saturated heterocycles. The number of hydrogen-bond acceptors (Lipinski definition) is 9. The van der Waals surface area contributed by atoms with Crippen LogP contribution in [0.2, 0.25) is 0 Å². The summed E-state index contributed by atoms with van der Waals surface area (Å²) in [4.78, 5) is 21.4. The maximum atomic E-state index is 5.87. The van der Waals surface area contributed by atoms with Crippen LogP contribution in [-0.4, -0.2) is 45.8 Å². The maximum absolute atomic E-state index is 5.87. The van der Waals surface area contributed by atoms with Gasteiger partial charge in [0.2, 0.25) is 5.95 Å². The highest BCUT2D eigenvalue weighted by atomic mass is 32.1. The molecule has 0 radical (unpaired) electrons. The normalized spacial score (nSPS) is 10.2. The molecule has 198 valence electrons. The van der Waals surface area contributed by atoms with E-state index < -0.39 is 0 Å². The second-order valence-corrected chi connectivity index (χ2v) is 8.34. The van der Waals surface area contributed by atoms with Crippen molar-refractivity contribution in [3.8, 4) is 6.01 Å². The van der Waals surface area contributed by atoms with Gasteiger partial charge in [-0.2, -0.15) is 20.1 Å². The second kappa shape index (κ2) is 19.2. The number of nitrogens with zero attached hydrogens (tertiary/aromatic N) is 6. The number of hydrazone groups is 1. The van der Waals surface area contributed by atoms with Crippen LogP contribution in [0.25, 0.3) is 0 Å². The molecule has 0 aliphatic rings. The van der Waals surface area contributed by atoms with E-state index in [0.29, 0.717) is 30.8 Å². The average Bonchev–Trinajstić information content (AvgIpc) is 3.39. The number of aryl methyl sites for hydroxylation is 1. The molecule has 9 heteroatoms. The average molecular weight is 514 g/mol. The van der Waals surface area contributed by atoms with Gasteiger partial charge in [0.05, 0.1) is 12.8 Å². The highest BCUT2D eigenvalue weighted by molar-refractivity contribution is 7.16. The molecule has 0 fully saturated rings. The van der Waals surface area contributed by atoms with E-state index in [1.54, 1.807) is 23.7 Å². The number of thiophene rings is 1. The number of ether oxygens (including phenoxy) is 1. The first-order chi connectivity index (χ1) is 17.7. The van der Waals surface area contributed by atoms with Crippen LogP contribution in [0.3, 0.4) is 0 Å². The Labute approximate surface area is 221 Å². The Bertz CT molecular complexity index is 973. The Morgan fingerprint density at radius 2 is 1.72 bits per heavy atom. The first-order valence-electron chi connectivity index (χ1n) is 13.1. The van der Waals surface area contributed by atoms with Gasteiger partial charge in [-0.15, -0.1) is 11.3 Å². The van der Waals surface area contributed by atoms with Gasteiger partial charge in [0.1, 0.15) is 5.00 Å². The van der Waals surface area contributed by atoms with Crippen LogP contribution in [0, 0.1) is 0 Å². The lowest BCUT2D eigenvalue weighted by Crippen LogP contribution is -2.27. The molecule has 0 aromatic carbocycles. The van der Waals surface area contributed by atoms with Crippen LogP contribution in [0.15, 0.2) is 41.6 Å². The topological polar surface area (TPSA) is 88.4 Å². The van der Waals surface area contributed by atoms with Crippen LogP contribution in [0.5, 0.6) is 6.01 Å². The van der Waals surface area contributed by atoms with Gasteiger partial charge in [0, 0.05) is 36.3 Å². The highest BCUT2D eigenvalue weighted by Gasteiger charge is 2.13. The minimum absolute atomic E-state index is 0.300. The number of pyridine rings is 1. The number of aromatic nitrogens is 4. The van der Waals surface area contributed by atoms with Gasteiger partial charge in [0.25, 0.3) is 0 Å². The van der Waals surface area contributed by atoms with Gasteiger partial charge in [-0.3, -0.25) is 10.4 Å². The minimum Gasteiger partial charge on any atom is -0.463 e. The van der Waals surface area contributed by atoms with Crippen molar-refractivity contribution in [3.63, 3.8) is 0 Å². The van der Waals surface area contributed by atoms with Crippen molar-refractivity contribution in [2.45, 2.75) is 74.1 Å². The molecule has 3 heterocycles. The summed E-state index contributed by atoms with van der Waals surface area (Å²) in [7, 11) is 0. The van der Waals surface area contributed by atoms with Gasteiger partial charge in [0.15, 0.2) is 5.82 Å². The van der Waals surface area contributed by atoms with Crippen molar-refractivity contribution in [3.05, 3.63) is 52.9 Å². The van der Waals surface area contributed by atoms with Crippen molar-refractivity contribution in [2.75, 3.05) is 30.0 Å². The lowest BCUT2D eigenvalue weighted by molar-refractivity contribution is 0.293. The van der Waals surface area contributed by atoms with E-state index in [9.17, 15) is 0 Å². The van der Waals surface area contributed by atoms with E-state index in [1.165, 1.54) is 4.88 Å². The fourth-order valence-corrected chi connectivity index (χ4v) is 3.85. The fourth-order valence-electron chi connectivity index (χ4n) is 3.05. The molecule has 0 aliphatic heterocycles. The summed E-state index contributed by atoms with van der Waals surface area (Å²) < 4.78 is 5.87. The summed E-state index contributed by atoms with van der Waals surface area (Å²) in [5.41, 5.74) is 4.02. The van der Waals surface area contributed by atoms with Crippen LogP contribution < -0.4 is 15.1 Å². The van der Waals surface area contributed by atoms with Gasteiger partial charge in [-0.1, -0.05) is 54.5 Å². The summed E-state index contributed by atoms with van der Waals surface area (Å²) in [6, 6.07) is 10.3. The molecule has 0 unspecified atom stereocenters. The second-order valence-electron chi connectivity index (χ2n) is 7.17. The quantitative estimate of drug-likeness (QED) is 0.202. The van der Waals surface area contributed by atoms with Crippen molar-refractivity contribution in [2.24, 2.45) is 5.10 Å². The molecule has 3 aromatic rings.